The van der Waals surface area contributed by atoms with Crippen LogP contribution in [0.15, 0.2) is 23.8 Å². The molecule has 80 valence electrons. The number of piperidine rings is 1. The number of hydrogen-bond acceptors (Lipinski definition) is 3. The Balaban J connectivity index is 2.01. The van der Waals surface area contributed by atoms with E-state index in [2.05, 4.69) is 11.4 Å². The number of hydrogen-bond donors (Lipinski definition) is 2. The number of aliphatic carboxylic acids is 1. The number of carboxylic acid groups (broad SMARTS) is 1. The Morgan fingerprint density at radius 2 is 2.47 bits per heavy atom. The van der Waals surface area contributed by atoms with Gasteiger partial charge in [-0.1, -0.05) is 18.2 Å². The summed E-state index contributed by atoms with van der Waals surface area (Å²) in [5, 5.41) is 12.7. The number of nitrogens with zero attached hydrogens (tertiary/aromatic N) is 1. The Kier molecular flexibility index (Phi) is 1.94. The van der Waals surface area contributed by atoms with Crippen molar-refractivity contribution < 1.29 is 9.90 Å². The lowest BCUT2D eigenvalue weighted by Crippen LogP contribution is -2.49. The molecule has 3 aliphatic rings. The van der Waals surface area contributed by atoms with Crippen molar-refractivity contribution >= 4 is 5.97 Å². The van der Waals surface area contributed by atoms with Crippen LogP contribution in [0.4, 0.5) is 0 Å². The summed E-state index contributed by atoms with van der Waals surface area (Å²) < 4.78 is 0. The maximum atomic E-state index is 11.3. The first kappa shape index (κ1) is 9.12. The minimum Gasteiger partial charge on any atom is -0.480 e. The second-order valence-corrected chi connectivity index (χ2v) is 4.42. The summed E-state index contributed by atoms with van der Waals surface area (Å²) in [5.74, 6) is -0.335. The summed E-state index contributed by atoms with van der Waals surface area (Å²) in [4.78, 5) is 13.3. The van der Waals surface area contributed by atoms with Gasteiger partial charge >= 0.3 is 5.97 Å². The van der Waals surface area contributed by atoms with Gasteiger partial charge in [-0.3, -0.25) is 15.0 Å². The van der Waals surface area contributed by atoms with E-state index in [1.807, 2.05) is 17.1 Å². The second-order valence-electron chi connectivity index (χ2n) is 4.42. The molecule has 2 fully saturated rings. The molecule has 0 radical (unpaired) electrons. The van der Waals surface area contributed by atoms with Gasteiger partial charge in [0.25, 0.3) is 0 Å². The van der Waals surface area contributed by atoms with Crippen LogP contribution in [0.1, 0.15) is 6.42 Å². The van der Waals surface area contributed by atoms with E-state index >= 15 is 0 Å². The quantitative estimate of drug-likeness (QED) is 0.643. The molecular formula is C11H14N2O2. The van der Waals surface area contributed by atoms with Gasteiger partial charge < -0.3 is 5.11 Å². The van der Waals surface area contributed by atoms with E-state index < -0.39 is 12.0 Å². The van der Waals surface area contributed by atoms with Gasteiger partial charge in [0, 0.05) is 25.2 Å². The summed E-state index contributed by atoms with van der Waals surface area (Å²) in [7, 11) is 0. The van der Waals surface area contributed by atoms with Crippen molar-refractivity contribution in [1.82, 2.24) is 10.2 Å². The number of carbonyl (C=O) groups is 1. The topological polar surface area (TPSA) is 52.6 Å². The third-order valence-electron chi connectivity index (χ3n) is 3.63. The van der Waals surface area contributed by atoms with E-state index in [1.165, 1.54) is 0 Å². The first-order valence-corrected chi connectivity index (χ1v) is 5.34. The normalized spacial score (nSPS) is 42.3. The van der Waals surface area contributed by atoms with E-state index in [0.29, 0.717) is 18.6 Å². The first-order valence-electron chi connectivity index (χ1n) is 5.34. The minimum absolute atomic E-state index is 0.384. The van der Waals surface area contributed by atoms with Gasteiger partial charge in [0.05, 0.1) is 0 Å². The van der Waals surface area contributed by atoms with Crippen molar-refractivity contribution in [2.75, 3.05) is 13.2 Å². The van der Waals surface area contributed by atoms with Gasteiger partial charge in [-0.05, 0) is 12.0 Å². The highest BCUT2D eigenvalue weighted by atomic mass is 16.4. The molecular weight excluding hydrogens is 192 g/mol. The van der Waals surface area contributed by atoms with E-state index in [9.17, 15) is 9.90 Å². The molecule has 0 aromatic carbocycles. The van der Waals surface area contributed by atoms with E-state index in [-0.39, 0.29) is 0 Å². The molecule has 4 unspecified atom stereocenters. The molecule has 2 bridgehead atoms. The number of rotatable bonds is 1. The zero-order chi connectivity index (χ0) is 10.4. The predicted molar refractivity (Wildman–Crippen MR) is 55.3 cm³/mol. The van der Waals surface area contributed by atoms with Crippen LogP contribution in [-0.4, -0.2) is 41.3 Å². The lowest BCUT2D eigenvalue weighted by Gasteiger charge is -2.37. The summed E-state index contributed by atoms with van der Waals surface area (Å²) in [6, 6.07) is 0.0306. The zero-order valence-corrected chi connectivity index (χ0v) is 8.39. The van der Waals surface area contributed by atoms with Crippen LogP contribution in [0.2, 0.25) is 0 Å². The fourth-order valence-corrected chi connectivity index (χ4v) is 2.95. The van der Waals surface area contributed by atoms with Crippen LogP contribution < -0.4 is 5.32 Å². The lowest BCUT2D eigenvalue weighted by atomic mass is 9.79. The molecule has 0 amide bonds. The molecule has 4 atom stereocenters. The van der Waals surface area contributed by atoms with Gasteiger partial charge in [0.15, 0.2) is 0 Å². The molecule has 2 heterocycles. The standard InChI is InChI=1S/C11H14N2O2/c14-11(15)10-8-4-2-1-3-7(8)9-5-13(10)6-12-9/h1-2,4,7,9-10,12H,3,5-6H2,(H,14,15). The molecule has 1 aliphatic carbocycles. The van der Waals surface area contributed by atoms with E-state index in [0.717, 1.165) is 18.5 Å². The molecule has 0 aromatic rings. The fraction of sp³-hybridized carbons (Fsp3) is 0.545. The molecule has 15 heavy (non-hydrogen) atoms. The highest BCUT2D eigenvalue weighted by Gasteiger charge is 2.46. The van der Waals surface area contributed by atoms with E-state index in [4.69, 9.17) is 0 Å². The average molecular weight is 206 g/mol. The van der Waals surface area contributed by atoms with Gasteiger partial charge in [-0.25, -0.2) is 0 Å². The van der Waals surface area contributed by atoms with Gasteiger partial charge in [0.2, 0.25) is 0 Å². The van der Waals surface area contributed by atoms with Crippen molar-refractivity contribution in [1.29, 1.82) is 0 Å². The Labute approximate surface area is 88.3 Å². The predicted octanol–water partition coefficient (Wildman–Crippen LogP) is 0.187. The fourth-order valence-electron chi connectivity index (χ4n) is 2.95. The average Bonchev–Trinajstić information content (AvgIpc) is 2.63. The van der Waals surface area contributed by atoms with Gasteiger partial charge in [-0.15, -0.1) is 0 Å². The van der Waals surface area contributed by atoms with Gasteiger partial charge in [0.1, 0.15) is 6.04 Å². The second kappa shape index (κ2) is 3.18. The van der Waals surface area contributed by atoms with Crippen LogP contribution in [0.5, 0.6) is 0 Å². The highest BCUT2D eigenvalue weighted by molar-refractivity contribution is 5.78. The molecule has 2 aliphatic heterocycles. The van der Waals surface area contributed by atoms with Gasteiger partial charge in [-0.2, -0.15) is 0 Å². The Hall–Kier alpha value is -1.13. The number of allylic oxidation sites excluding steroid dienone is 3. The molecule has 0 aromatic heterocycles. The minimum atomic E-state index is -0.719. The molecule has 3 rings (SSSR count). The van der Waals surface area contributed by atoms with Crippen LogP contribution in [0.3, 0.4) is 0 Å². The van der Waals surface area contributed by atoms with Crippen LogP contribution in [-0.2, 0) is 4.79 Å². The van der Waals surface area contributed by atoms with E-state index in [1.54, 1.807) is 0 Å². The molecule has 4 heteroatoms. The summed E-state index contributed by atoms with van der Waals surface area (Å²) in [6.45, 7) is 1.57. The van der Waals surface area contributed by atoms with Crippen LogP contribution in [0.25, 0.3) is 0 Å². The van der Waals surface area contributed by atoms with Crippen molar-refractivity contribution in [3.8, 4) is 0 Å². The summed E-state index contributed by atoms with van der Waals surface area (Å²) in [6.07, 6.45) is 7.07. The van der Waals surface area contributed by atoms with Crippen molar-refractivity contribution in [2.24, 2.45) is 5.92 Å². The van der Waals surface area contributed by atoms with Crippen molar-refractivity contribution in [3.05, 3.63) is 23.8 Å². The van der Waals surface area contributed by atoms with Crippen LogP contribution >= 0.6 is 0 Å². The maximum absolute atomic E-state index is 11.3. The Bertz CT molecular complexity index is 362. The van der Waals surface area contributed by atoms with Crippen molar-refractivity contribution in [2.45, 2.75) is 18.5 Å². The lowest BCUT2D eigenvalue weighted by molar-refractivity contribution is -0.142. The third-order valence-corrected chi connectivity index (χ3v) is 3.63. The monoisotopic (exact) mass is 206 g/mol. The van der Waals surface area contributed by atoms with Crippen molar-refractivity contribution in [3.63, 3.8) is 0 Å². The van der Waals surface area contributed by atoms with Crippen LogP contribution in [0, 0.1) is 5.92 Å². The number of nitrogens with one attached hydrogen (secondary N) is 1. The zero-order valence-electron chi connectivity index (χ0n) is 8.39. The molecule has 0 spiro atoms. The SMILES string of the molecule is O=C(O)C1C2=CC=CCC2C2CN1CN2. The molecule has 4 nitrogen and oxygen atoms in total. The Morgan fingerprint density at radius 3 is 3.27 bits per heavy atom. The first-order chi connectivity index (χ1) is 7.27. The molecule has 0 saturated carbocycles. The smallest absolute Gasteiger partial charge is 0.325 e. The largest absolute Gasteiger partial charge is 0.480 e. The Morgan fingerprint density at radius 1 is 1.60 bits per heavy atom. The molecule has 2 N–H and O–H groups in total. The molecule has 2 saturated heterocycles. The summed E-state index contributed by atoms with van der Waals surface area (Å²) >= 11 is 0. The highest BCUT2D eigenvalue weighted by Crippen LogP contribution is 2.36. The summed E-state index contributed by atoms with van der Waals surface area (Å²) in [5.41, 5.74) is 1.08. The number of fused-ring (bicyclic) bond motifs is 4. The third kappa shape index (κ3) is 1.25. The maximum Gasteiger partial charge on any atom is 0.325 e. The number of carboxylic acids is 1.